The van der Waals surface area contributed by atoms with Gasteiger partial charge in [-0.2, -0.15) is 0 Å². The highest BCUT2D eigenvalue weighted by molar-refractivity contribution is 5.64. The number of benzene rings is 2. The van der Waals surface area contributed by atoms with Gasteiger partial charge in [-0.3, -0.25) is 0 Å². The molecular formula is C19H24FN. The number of hydrogen-bond donors (Lipinski definition) is 1. The van der Waals surface area contributed by atoms with E-state index in [1.54, 1.807) is 6.07 Å². The van der Waals surface area contributed by atoms with Gasteiger partial charge in [0.05, 0.1) is 0 Å². The molecule has 0 heterocycles. The van der Waals surface area contributed by atoms with Crippen LogP contribution in [0, 0.1) is 5.82 Å². The molecule has 0 bridgehead atoms. The lowest BCUT2D eigenvalue weighted by Crippen LogP contribution is -2.06. The largest absolute Gasteiger partial charge is 0.316 e. The van der Waals surface area contributed by atoms with Crippen molar-refractivity contribution < 1.29 is 4.39 Å². The van der Waals surface area contributed by atoms with Gasteiger partial charge >= 0.3 is 0 Å². The first-order valence-corrected chi connectivity index (χ1v) is 7.77. The molecule has 2 rings (SSSR count). The van der Waals surface area contributed by atoms with Gasteiger partial charge in [0.2, 0.25) is 0 Å². The molecule has 0 fully saturated rings. The molecule has 0 aromatic heterocycles. The van der Waals surface area contributed by atoms with Crippen LogP contribution in [0.25, 0.3) is 11.1 Å². The van der Waals surface area contributed by atoms with Gasteiger partial charge in [0.15, 0.2) is 0 Å². The van der Waals surface area contributed by atoms with Crippen molar-refractivity contribution in [3.8, 4) is 11.1 Å². The fourth-order valence-corrected chi connectivity index (χ4v) is 2.50. The van der Waals surface area contributed by atoms with E-state index in [1.807, 2.05) is 19.2 Å². The summed E-state index contributed by atoms with van der Waals surface area (Å²) in [5, 5.41) is 2.98. The van der Waals surface area contributed by atoms with E-state index in [0.717, 1.165) is 17.5 Å². The number of hydrogen-bond acceptors (Lipinski definition) is 1. The highest BCUT2D eigenvalue weighted by atomic mass is 19.1. The molecule has 0 atom stereocenters. The minimum atomic E-state index is -0.145. The van der Waals surface area contributed by atoms with E-state index in [4.69, 9.17) is 0 Å². The van der Waals surface area contributed by atoms with E-state index in [0.29, 0.717) is 12.1 Å². The molecule has 112 valence electrons. The van der Waals surface area contributed by atoms with Crippen molar-refractivity contribution in [1.82, 2.24) is 5.32 Å². The first-order chi connectivity index (χ1) is 10.2. The normalized spacial score (nSPS) is 10.8. The predicted molar refractivity (Wildman–Crippen MR) is 87.8 cm³/mol. The Hall–Kier alpha value is -1.67. The third-order valence-electron chi connectivity index (χ3n) is 3.78. The molecule has 1 nitrogen and oxygen atoms in total. The lowest BCUT2D eigenvalue weighted by Gasteiger charge is -2.07. The second-order valence-electron chi connectivity index (χ2n) is 5.49. The van der Waals surface area contributed by atoms with Gasteiger partial charge in [-0.25, -0.2) is 4.39 Å². The van der Waals surface area contributed by atoms with E-state index < -0.39 is 0 Å². The van der Waals surface area contributed by atoms with Gasteiger partial charge < -0.3 is 5.32 Å². The molecule has 0 unspecified atom stereocenters. The second kappa shape index (κ2) is 7.94. The molecule has 2 aromatic rings. The van der Waals surface area contributed by atoms with Crippen LogP contribution in [0.1, 0.15) is 37.3 Å². The van der Waals surface area contributed by atoms with Crippen molar-refractivity contribution in [2.45, 2.75) is 39.2 Å². The molecule has 0 aliphatic carbocycles. The van der Waals surface area contributed by atoms with Crippen LogP contribution in [-0.4, -0.2) is 7.05 Å². The third-order valence-corrected chi connectivity index (χ3v) is 3.78. The molecule has 0 saturated carbocycles. The summed E-state index contributed by atoms with van der Waals surface area (Å²) in [5.41, 5.74) is 4.08. The highest BCUT2D eigenvalue weighted by Gasteiger charge is 2.04. The zero-order valence-corrected chi connectivity index (χ0v) is 13.0. The van der Waals surface area contributed by atoms with Crippen molar-refractivity contribution in [2.24, 2.45) is 0 Å². The van der Waals surface area contributed by atoms with Crippen LogP contribution in [0.2, 0.25) is 0 Å². The number of nitrogens with one attached hydrogen (secondary N) is 1. The fourth-order valence-electron chi connectivity index (χ4n) is 2.50. The Balaban J connectivity index is 2.09. The van der Waals surface area contributed by atoms with E-state index in [9.17, 15) is 4.39 Å². The van der Waals surface area contributed by atoms with E-state index in [2.05, 4.69) is 36.5 Å². The van der Waals surface area contributed by atoms with Crippen LogP contribution < -0.4 is 5.32 Å². The van der Waals surface area contributed by atoms with Gasteiger partial charge in [-0.1, -0.05) is 56.2 Å². The summed E-state index contributed by atoms with van der Waals surface area (Å²) >= 11 is 0. The Kier molecular flexibility index (Phi) is 5.94. The van der Waals surface area contributed by atoms with Crippen molar-refractivity contribution in [2.75, 3.05) is 7.05 Å². The average molecular weight is 285 g/mol. The monoisotopic (exact) mass is 285 g/mol. The molecular weight excluding hydrogens is 261 g/mol. The topological polar surface area (TPSA) is 12.0 Å². The zero-order valence-electron chi connectivity index (χ0n) is 13.0. The molecule has 0 aliphatic heterocycles. The standard InChI is InChI=1S/C19H24FN/c1-3-4-5-6-15-7-9-16(10-8-15)17-11-12-18(14-21-2)19(20)13-17/h7-13,21H,3-6,14H2,1-2H3. The number of unbranched alkanes of at least 4 members (excludes halogenated alkanes) is 2. The molecule has 0 amide bonds. The highest BCUT2D eigenvalue weighted by Crippen LogP contribution is 2.23. The van der Waals surface area contributed by atoms with E-state index in [-0.39, 0.29) is 5.82 Å². The van der Waals surface area contributed by atoms with E-state index >= 15 is 0 Å². The van der Waals surface area contributed by atoms with E-state index in [1.165, 1.54) is 24.8 Å². The van der Waals surface area contributed by atoms with Gasteiger partial charge in [0, 0.05) is 12.1 Å². The Bertz CT molecular complexity index is 560. The molecule has 21 heavy (non-hydrogen) atoms. The predicted octanol–water partition coefficient (Wildman–Crippen LogP) is 4.94. The first-order valence-electron chi connectivity index (χ1n) is 7.77. The zero-order chi connectivity index (χ0) is 15.1. The van der Waals surface area contributed by atoms with Crippen LogP contribution in [0.4, 0.5) is 4.39 Å². The summed E-state index contributed by atoms with van der Waals surface area (Å²) in [6.07, 6.45) is 4.89. The Morgan fingerprint density at radius 3 is 2.29 bits per heavy atom. The van der Waals surface area contributed by atoms with Crippen LogP contribution in [-0.2, 0) is 13.0 Å². The molecule has 0 spiro atoms. The quantitative estimate of drug-likeness (QED) is 0.710. The van der Waals surface area contributed by atoms with Gasteiger partial charge in [-0.15, -0.1) is 0 Å². The van der Waals surface area contributed by atoms with Gasteiger partial charge in [0.25, 0.3) is 0 Å². The van der Waals surface area contributed by atoms with Crippen LogP contribution in [0.5, 0.6) is 0 Å². The summed E-state index contributed by atoms with van der Waals surface area (Å²) in [4.78, 5) is 0. The maximum atomic E-state index is 14.0. The van der Waals surface area contributed by atoms with Crippen molar-refractivity contribution in [1.29, 1.82) is 0 Å². The van der Waals surface area contributed by atoms with Crippen molar-refractivity contribution in [3.63, 3.8) is 0 Å². The summed E-state index contributed by atoms with van der Waals surface area (Å²) in [5.74, 6) is -0.145. The maximum Gasteiger partial charge on any atom is 0.128 e. The maximum absolute atomic E-state index is 14.0. The Morgan fingerprint density at radius 2 is 1.67 bits per heavy atom. The van der Waals surface area contributed by atoms with Crippen LogP contribution in [0.3, 0.4) is 0 Å². The minimum absolute atomic E-state index is 0.145. The smallest absolute Gasteiger partial charge is 0.128 e. The molecule has 0 aliphatic rings. The van der Waals surface area contributed by atoms with Crippen molar-refractivity contribution >= 4 is 0 Å². The Morgan fingerprint density at radius 1 is 0.952 bits per heavy atom. The molecule has 0 saturated heterocycles. The summed E-state index contributed by atoms with van der Waals surface area (Å²) < 4.78 is 14.0. The SMILES string of the molecule is CCCCCc1ccc(-c2ccc(CNC)c(F)c2)cc1. The first kappa shape index (κ1) is 15.7. The van der Waals surface area contributed by atoms with Gasteiger partial charge in [0.1, 0.15) is 5.82 Å². The summed E-state index contributed by atoms with van der Waals surface area (Å²) in [7, 11) is 1.82. The summed E-state index contributed by atoms with van der Waals surface area (Å²) in [6, 6.07) is 14.0. The van der Waals surface area contributed by atoms with Crippen molar-refractivity contribution in [3.05, 3.63) is 59.4 Å². The molecule has 1 N–H and O–H groups in total. The second-order valence-corrected chi connectivity index (χ2v) is 5.49. The number of rotatable bonds is 7. The average Bonchev–Trinajstić information content (AvgIpc) is 2.50. The number of aryl methyl sites for hydroxylation is 1. The van der Waals surface area contributed by atoms with Gasteiger partial charge in [-0.05, 0) is 42.6 Å². The number of halogens is 1. The molecule has 2 heteroatoms. The van der Waals surface area contributed by atoms with Crippen LogP contribution in [0.15, 0.2) is 42.5 Å². The lowest BCUT2D eigenvalue weighted by molar-refractivity contribution is 0.601. The summed E-state index contributed by atoms with van der Waals surface area (Å²) in [6.45, 7) is 2.78. The molecule has 0 radical (unpaired) electrons. The molecule has 2 aromatic carbocycles. The lowest BCUT2D eigenvalue weighted by atomic mass is 10.00. The van der Waals surface area contributed by atoms with Crippen LogP contribution >= 0.6 is 0 Å². The minimum Gasteiger partial charge on any atom is -0.316 e. The Labute approximate surface area is 127 Å². The fraction of sp³-hybridized carbons (Fsp3) is 0.368. The third kappa shape index (κ3) is 4.40.